The topological polar surface area (TPSA) is 0 Å². The number of rotatable bonds is 0. The first-order valence-corrected chi connectivity index (χ1v) is 5.93. The Bertz CT molecular complexity index is 390. The summed E-state index contributed by atoms with van der Waals surface area (Å²) in [7, 11) is 0. The summed E-state index contributed by atoms with van der Waals surface area (Å²) in [5.41, 5.74) is 1.55. The summed E-state index contributed by atoms with van der Waals surface area (Å²) in [6.07, 6.45) is 1.26. The Labute approximate surface area is 79.6 Å². The summed E-state index contributed by atoms with van der Waals surface area (Å²) in [4.78, 5) is 1.50. The maximum atomic E-state index is 2.35. The zero-order valence-corrected chi connectivity index (χ0v) is 8.17. The first-order valence-electron chi connectivity index (χ1n) is 4.06. The van der Waals surface area contributed by atoms with Gasteiger partial charge in [-0.15, -0.1) is 23.1 Å². The number of thiophene rings is 1. The van der Waals surface area contributed by atoms with Crippen molar-refractivity contribution in [3.63, 3.8) is 0 Å². The largest absolute Gasteiger partial charge is 0.144 e. The van der Waals surface area contributed by atoms with Crippen LogP contribution in [0.2, 0.25) is 0 Å². The third kappa shape index (κ3) is 0.915. The molecular weight excluding hydrogens is 184 g/mol. The number of hydrogen-bond donors (Lipinski definition) is 0. The van der Waals surface area contributed by atoms with E-state index in [2.05, 4.69) is 23.6 Å². The molecule has 60 valence electrons. The highest BCUT2D eigenvalue weighted by Crippen LogP contribution is 2.35. The summed E-state index contributed by atoms with van der Waals surface area (Å²) in [6, 6.07) is 6.90. The lowest BCUT2D eigenvalue weighted by Gasteiger charge is -1.96. The molecule has 12 heavy (non-hydrogen) atoms. The van der Waals surface area contributed by atoms with Gasteiger partial charge in [0.15, 0.2) is 0 Å². The molecule has 0 atom stereocenters. The van der Waals surface area contributed by atoms with Crippen LogP contribution >= 0.6 is 23.1 Å². The van der Waals surface area contributed by atoms with Crippen LogP contribution in [0.5, 0.6) is 0 Å². The molecule has 2 heterocycles. The van der Waals surface area contributed by atoms with E-state index in [1.807, 2.05) is 23.1 Å². The van der Waals surface area contributed by atoms with Crippen molar-refractivity contribution in [3.8, 4) is 0 Å². The van der Waals surface area contributed by atoms with E-state index in [0.29, 0.717) is 0 Å². The van der Waals surface area contributed by atoms with Crippen LogP contribution in [0.4, 0.5) is 0 Å². The van der Waals surface area contributed by atoms with Gasteiger partial charge in [0.1, 0.15) is 0 Å². The van der Waals surface area contributed by atoms with Crippen molar-refractivity contribution in [1.82, 2.24) is 0 Å². The van der Waals surface area contributed by atoms with Crippen molar-refractivity contribution in [3.05, 3.63) is 29.1 Å². The van der Waals surface area contributed by atoms with E-state index in [4.69, 9.17) is 0 Å². The Balaban J connectivity index is 2.38. The molecular formula is C10H8S2. The van der Waals surface area contributed by atoms with Gasteiger partial charge in [-0.05, 0) is 40.9 Å². The van der Waals surface area contributed by atoms with Crippen molar-refractivity contribution >= 4 is 33.2 Å². The molecule has 1 aromatic carbocycles. The summed E-state index contributed by atoms with van der Waals surface area (Å²) in [5, 5.41) is 3.59. The molecule has 0 radical (unpaired) electrons. The molecule has 1 aromatic heterocycles. The second-order valence-electron chi connectivity index (χ2n) is 3.02. The first-order chi connectivity index (χ1) is 5.93. The van der Waals surface area contributed by atoms with Crippen molar-refractivity contribution in [2.24, 2.45) is 0 Å². The summed E-state index contributed by atoms with van der Waals surface area (Å²) >= 11 is 3.83. The third-order valence-electron chi connectivity index (χ3n) is 2.26. The van der Waals surface area contributed by atoms with Crippen LogP contribution in [0.3, 0.4) is 0 Å². The van der Waals surface area contributed by atoms with Gasteiger partial charge < -0.3 is 0 Å². The third-order valence-corrected chi connectivity index (χ3v) is 4.24. The second kappa shape index (κ2) is 2.51. The summed E-state index contributed by atoms with van der Waals surface area (Å²) < 4.78 is 1.43. The Kier molecular flexibility index (Phi) is 1.46. The van der Waals surface area contributed by atoms with Crippen molar-refractivity contribution < 1.29 is 0 Å². The smallest absolute Gasteiger partial charge is 0.0354 e. The fraction of sp³-hybridized carbons (Fsp3) is 0.200. The van der Waals surface area contributed by atoms with E-state index in [-0.39, 0.29) is 0 Å². The number of thioether (sulfide) groups is 1. The maximum Gasteiger partial charge on any atom is 0.0354 e. The van der Waals surface area contributed by atoms with Crippen LogP contribution in [-0.2, 0) is 6.42 Å². The highest BCUT2D eigenvalue weighted by molar-refractivity contribution is 7.99. The quantitative estimate of drug-likeness (QED) is 0.615. The van der Waals surface area contributed by atoms with E-state index < -0.39 is 0 Å². The average Bonchev–Trinajstić information content (AvgIpc) is 2.64. The van der Waals surface area contributed by atoms with Gasteiger partial charge >= 0.3 is 0 Å². The van der Waals surface area contributed by atoms with Crippen LogP contribution in [0.25, 0.3) is 10.1 Å². The lowest BCUT2D eigenvalue weighted by Crippen LogP contribution is -1.78. The lowest BCUT2D eigenvalue weighted by molar-refractivity contribution is 1.16. The average molecular weight is 192 g/mol. The highest BCUT2D eigenvalue weighted by Gasteiger charge is 2.12. The molecule has 0 fully saturated rings. The Morgan fingerprint density at radius 1 is 1.25 bits per heavy atom. The molecule has 0 spiro atoms. The molecule has 0 saturated heterocycles. The first kappa shape index (κ1) is 6.98. The standard InChI is InChI=1S/C10H8S2/c1-3-11-9-6-10-8(2-4-12-10)5-7(1)9/h1,3,5-6H,2,4H2. The Hall–Kier alpha value is -0.470. The summed E-state index contributed by atoms with van der Waals surface area (Å²) in [6.45, 7) is 0. The van der Waals surface area contributed by atoms with Crippen LogP contribution in [0.1, 0.15) is 5.56 Å². The van der Waals surface area contributed by atoms with Gasteiger partial charge in [-0.2, -0.15) is 0 Å². The molecule has 2 aromatic rings. The van der Waals surface area contributed by atoms with Gasteiger partial charge in [0, 0.05) is 15.3 Å². The molecule has 0 amide bonds. The highest BCUT2D eigenvalue weighted by atomic mass is 32.2. The Morgan fingerprint density at radius 3 is 3.25 bits per heavy atom. The molecule has 0 unspecified atom stereocenters. The number of benzene rings is 1. The number of fused-ring (bicyclic) bond motifs is 2. The van der Waals surface area contributed by atoms with Gasteiger partial charge in [-0.1, -0.05) is 0 Å². The van der Waals surface area contributed by atoms with Crippen LogP contribution in [0, 0.1) is 0 Å². The lowest BCUT2D eigenvalue weighted by atomic mass is 10.1. The van der Waals surface area contributed by atoms with Crippen molar-refractivity contribution in [2.45, 2.75) is 11.3 Å². The van der Waals surface area contributed by atoms with Gasteiger partial charge in [0.25, 0.3) is 0 Å². The number of aryl methyl sites for hydroxylation is 1. The molecule has 1 aliphatic heterocycles. The molecule has 0 bridgehead atoms. The normalized spacial score (nSPS) is 15.3. The zero-order chi connectivity index (χ0) is 7.97. The Morgan fingerprint density at radius 2 is 2.25 bits per heavy atom. The minimum Gasteiger partial charge on any atom is -0.144 e. The summed E-state index contributed by atoms with van der Waals surface area (Å²) in [5.74, 6) is 1.27. The minimum atomic E-state index is 1.26. The van der Waals surface area contributed by atoms with Gasteiger partial charge in [0.2, 0.25) is 0 Å². The molecule has 0 saturated carbocycles. The second-order valence-corrected chi connectivity index (χ2v) is 5.10. The van der Waals surface area contributed by atoms with E-state index in [1.54, 1.807) is 5.56 Å². The van der Waals surface area contributed by atoms with E-state index in [9.17, 15) is 0 Å². The van der Waals surface area contributed by atoms with E-state index >= 15 is 0 Å². The molecule has 0 aliphatic carbocycles. The predicted octanol–water partition coefficient (Wildman–Crippen LogP) is 3.55. The van der Waals surface area contributed by atoms with Crippen molar-refractivity contribution in [2.75, 3.05) is 5.75 Å². The van der Waals surface area contributed by atoms with Crippen LogP contribution in [0.15, 0.2) is 28.5 Å². The SMILES string of the molecule is c1cc2cc3c(cc2s1)SCC3. The predicted molar refractivity (Wildman–Crippen MR) is 56.3 cm³/mol. The van der Waals surface area contributed by atoms with E-state index in [1.165, 1.54) is 27.2 Å². The molecule has 3 rings (SSSR count). The van der Waals surface area contributed by atoms with Crippen LogP contribution < -0.4 is 0 Å². The van der Waals surface area contributed by atoms with Gasteiger partial charge in [-0.3, -0.25) is 0 Å². The van der Waals surface area contributed by atoms with E-state index in [0.717, 1.165) is 0 Å². The number of hydrogen-bond acceptors (Lipinski definition) is 2. The molecule has 0 nitrogen and oxygen atoms in total. The zero-order valence-electron chi connectivity index (χ0n) is 6.54. The minimum absolute atomic E-state index is 1.26. The maximum absolute atomic E-state index is 2.35. The monoisotopic (exact) mass is 192 g/mol. The molecule has 0 N–H and O–H groups in total. The molecule has 1 aliphatic rings. The van der Waals surface area contributed by atoms with Gasteiger partial charge in [0.05, 0.1) is 0 Å². The molecule has 2 heteroatoms. The van der Waals surface area contributed by atoms with Crippen molar-refractivity contribution in [1.29, 1.82) is 0 Å². The fourth-order valence-corrected chi connectivity index (χ4v) is 3.61. The fourth-order valence-electron chi connectivity index (χ4n) is 1.64. The van der Waals surface area contributed by atoms with Crippen LogP contribution in [-0.4, -0.2) is 5.75 Å². The van der Waals surface area contributed by atoms with Gasteiger partial charge in [-0.25, -0.2) is 0 Å².